The Hall–Kier alpha value is -4.13. The molecule has 0 bridgehead atoms. The number of ether oxygens (including phenoxy) is 4. The van der Waals surface area contributed by atoms with Gasteiger partial charge in [-0.25, -0.2) is 4.79 Å². The smallest absolute Gasteiger partial charge is 0.347 e. The number of rotatable bonds is 12. The van der Waals surface area contributed by atoms with Gasteiger partial charge in [0.1, 0.15) is 24.3 Å². The van der Waals surface area contributed by atoms with Crippen molar-refractivity contribution in [1.82, 2.24) is 0 Å². The second-order valence-electron chi connectivity index (χ2n) is 7.67. The number of hydrogen-bond acceptors (Lipinski definition) is 7. The van der Waals surface area contributed by atoms with Gasteiger partial charge in [-0.05, 0) is 36.2 Å². The number of hydrogen-bond donors (Lipinski definition) is 0. The average molecular weight is 477 g/mol. The van der Waals surface area contributed by atoms with Gasteiger partial charge in [-0.2, -0.15) is 0 Å². The van der Waals surface area contributed by atoms with E-state index in [0.29, 0.717) is 12.4 Å². The number of Topliss-reactive ketones (excluding diaryl/α,β-unsaturated/α-hetero) is 1. The van der Waals surface area contributed by atoms with Crippen LogP contribution in [0.25, 0.3) is 0 Å². The molecule has 0 heterocycles. The number of ketones is 1. The summed E-state index contributed by atoms with van der Waals surface area (Å²) in [5.41, 5.74) is 1.19. The maximum Gasteiger partial charge on any atom is 0.347 e. The fourth-order valence-corrected chi connectivity index (χ4v) is 3.23. The predicted octanol–water partition coefficient (Wildman–Crippen LogP) is 5.41. The molecule has 0 aromatic heterocycles. The SMILES string of the molecule is CCCCOc1cccc(C(=O)Oc2ccccc2C(=O)CC(=O)OC)c1OCc1ccccc1. The van der Waals surface area contributed by atoms with Crippen molar-refractivity contribution in [3.05, 3.63) is 89.5 Å². The normalized spacial score (nSPS) is 10.3. The van der Waals surface area contributed by atoms with Gasteiger partial charge >= 0.3 is 11.9 Å². The number of unbranched alkanes of at least 4 members (excludes halogenated alkanes) is 1. The molecule has 0 aliphatic rings. The van der Waals surface area contributed by atoms with Crippen LogP contribution in [-0.2, 0) is 16.1 Å². The summed E-state index contributed by atoms with van der Waals surface area (Å²) in [5.74, 6) is -1.18. The van der Waals surface area contributed by atoms with E-state index in [1.807, 2.05) is 30.3 Å². The number of para-hydroxylation sites is 2. The van der Waals surface area contributed by atoms with Crippen molar-refractivity contribution in [2.45, 2.75) is 32.8 Å². The summed E-state index contributed by atoms with van der Waals surface area (Å²) in [4.78, 5) is 37.3. The lowest BCUT2D eigenvalue weighted by Crippen LogP contribution is -2.15. The maximum absolute atomic E-state index is 13.2. The highest BCUT2D eigenvalue weighted by atomic mass is 16.5. The zero-order chi connectivity index (χ0) is 25.0. The minimum atomic E-state index is -0.715. The van der Waals surface area contributed by atoms with Gasteiger partial charge in [-0.3, -0.25) is 9.59 Å². The van der Waals surface area contributed by atoms with Crippen molar-refractivity contribution in [3.63, 3.8) is 0 Å². The van der Waals surface area contributed by atoms with Crippen LogP contribution in [0.3, 0.4) is 0 Å². The molecule has 3 rings (SSSR count). The van der Waals surface area contributed by atoms with Gasteiger partial charge in [-0.15, -0.1) is 0 Å². The molecule has 0 spiro atoms. The minimum Gasteiger partial charge on any atom is -0.490 e. The summed E-state index contributed by atoms with van der Waals surface area (Å²) in [6, 6.07) is 20.8. The average Bonchev–Trinajstić information content (AvgIpc) is 2.88. The number of carbonyl (C=O) groups excluding carboxylic acids is 3. The molecule has 0 radical (unpaired) electrons. The first kappa shape index (κ1) is 25.5. The molecule has 0 N–H and O–H groups in total. The zero-order valence-electron chi connectivity index (χ0n) is 19.8. The molecule has 7 heteroatoms. The molecular formula is C28H28O7. The van der Waals surface area contributed by atoms with Gasteiger partial charge < -0.3 is 18.9 Å². The molecule has 0 aliphatic heterocycles. The highest BCUT2D eigenvalue weighted by Crippen LogP contribution is 2.34. The highest BCUT2D eigenvalue weighted by Gasteiger charge is 2.23. The summed E-state index contributed by atoms with van der Waals surface area (Å²) in [5, 5.41) is 0. The van der Waals surface area contributed by atoms with Gasteiger partial charge in [0.05, 0.1) is 19.3 Å². The molecule has 0 saturated heterocycles. The lowest BCUT2D eigenvalue weighted by Gasteiger charge is -2.16. The quantitative estimate of drug-likeness (QED) is 0.114. The Morgan fingerprint density at radius 3 is 2.20 bits per heavy atom. The standard InChI is InChI=1S/C28H28O7/c1-3-4-17-33-25-16-10-14-22(27(25)34-19-20-11-6-5-7-12-20)28(31)35-24-15-9-8-13-21(24)23(29)18-26(30)32-2/h5-16H,3-4,17-19H2,1-2H3. The van der Waals surface area contributed by atoms with Crippen molar-refractivity contribution < 1.29 is 33.3 Å². The zero-order valence-corrected chi connectivity index (χ0v) is 19.8. The molecular weight excluding hydrogens is 448 g/mol. The molecule has 35 heavy (non-hydrogen) atoms. The van der Waals surface area contributed by atoms with Crippen molar-refractivity contribution in [2.75, 3.05) is 13.7 Å². The number of benzene rings is 3. The van der Waals surface area contributed by atoms with Crippen LogP contribution in [0.2, 0.25) is 0 Å². The molecule has 0 saturated carbocycles. The van der Waals surface area contributed by atoms with E-state index >= 15 is 0 Å². The molecule has 0 amide bonds. The Labute approximate surface area is 204 Å². The van der Waals surface area contributed by atoms with E-state index in [9.17, 15) is 14.4 Å². The van der Waals surface area contributed by atoms with Crippen molar-refractivity contribution in [1.29, 1.82) is 0 Å². The number of esters is 2. The van der Waals surface area contributed by atoms with Crippen molar-refractivity contribution in [3.8, 4) is 17.2 Å². The Morgan fingerprint density at radius 2 is 1.46 bits per heavy atom. The first-order valence-corrected chi connectivity index (χ1v) is 11.4. The summed E-state index contributed by atoms with van der Waals surface area (Å²) in [7, 11) is 1.20. The van der Waals surface area contributed by atoms with Crippen LogP contribution >= 0.6 is 0 Å². The van der Waals surface area contributed by atoms with Gasteiger partial charge in [0.15, 0.2) is 17.3 Å². The van der Waals surface area contributed by atoms with Crippen LogP contribution in [0.15, 0.2) is 72.8 Å². The molecule has 0 unspecified atom stereocenters. The van der Waals surface area contributed by atoms with E-state index in [1.54, 1.807) is 30.3 Å². The molecule has 0 atom stereocenters. The number of carbonyl (C=O) groups is 3. The third-order valence-electron chi connectivity index (χ3n) is 5.10. The first-order valence-electron chi connectivity index (χ1n) is 11.4. The lowest BCUT2D eigenvalue weighted by molar-refractivity contribution is -0.139. The summed E-state index contributed by atoms with van der Waals surface area (Å²) < 4.78 is 22.1. The largest absolute Gasteiger partial charge is 0.490 e. The molecule has 7 nitrogen and oxygen atoms in total. The van der Waals surface area contributed by atoms with E-state index in [2.05, 4.69) is 11.7 Å². The fourth-order valence-electron chi connectivity index (χ4n) is 3.23. The van der Waals surface area contributed by atoms with E-state index in [-0.39, 0.29) is 29.2 Å². The van der Waals surface area contributed by atoms with Gasteiger partial charge in [0.2, 0.25) is 0 Å². The number of methoxy groups -OCH3 is 1. The second kappa shape index (κ2) is 12.9. The van der Waals surface area contributed by atoms with Gasteiger partial charge in [0.25, 0.3) is 0 Å². The Bertz CT molecular complexity index is 1150. The van der Waals surface area contributed by atoms with E-state index in [1.165, 1.54) is 19.2 Å². The van der Waals surface area contributed by atoms with Crippen LogP contribution in [0.5, 0.6) is 17.2 Å². The molecule has 3 aromatic rings. The van der Waals surface area contributed by atoms with Crippen LogP contribution in [0, 0.1) is 0 Å². The van der Waals surface area contributed by atoms with Crippen LogP contribution in [-0.4, -0.2) is 31.4 Å². The molecule has 0 aliphatic carbocycles. The summed E-state index contributed by atoms with van der Waals surface area (Å²) >= 11 is 0. The van der Waals surface area contributed by atoms with Crippen LogP contribution < -0.4 is 14.2 Å². The minimum absolute atomic E-state index is 0.0396. The Balaban J connectivity index is 1.88. The third-order valence-corrected chi connectivity index (χ3v) is 5.10. The predicted molar refractivity (Wildman–Crippen MR) is 130 cm³/mol. The maximum atomic E-state index is 13.2. The summed E-state index contributed by atoms with van der Waals surface area (Å²) in [6.45, 7) is 2.76. The van der Waals surface area contributed by atoms with E-state index < -0.39 is 24.1 Å². The van der Waals surface area contributed by atoms with Crippen LogP contribution in [0.4, 0.5) is 0 Å². The first-order chi connectivity index (χ1) is 17.0. The second-order valence-corrected chi connectivity index (χ2v) is 7.67. The fraction of sp³-hybridized carbons (Fsp3) is 0.250. The summed E-state index contributed by atoms with van der Waals surface area (Å²) in [6.07, 6.45) is 1.35. The monoisotopic (exact) mass is 476 g/mol. The Kier molecular flexibility index (Phi) is 9.42. The highest BCUT2D eigenvalue weighted by molar-refractivity contribution is 6.08. The lowest BCUT2D eigenvalue weighted by atomic mass is 10.1. The van der Waals surface area contributed by atoms with Gasteiger partial charge in [0, 0.05) is 0 Å². The van der Waals surface area contributed by atoms with Crippen LogP contribution in [0.1, 0.15) is 52.5 Å². The van der Waals surface area contributed by atoms with Crippen molar-refractivity contribution >= 4 is 17.7 Å². The van der Waals surface area contributed by atoms with Gasteiger partial charge in [-0.1, -0.05) is 61.9 Å². The molecule has 3 aromatic carbocycles. The topological polar surface area (TPSA) is 88.1 Å². The Morgan fingerprint density at radius 1 is 0.771 bits per heavy atom. The van der Waals surface area contributed by atoms with E-state index in [0.717, 1.165) is 18.4 Å². The van der Waals surface area contributed by atoms with E-state index in [4.69, 9.17) is 14.2 Å². The van der Waals surface area contributed by atoms with Crippen molar-refractivity contribution in [2.24, 2.45) is 0 Å². The molecule has 182 valence electrons. The third kappa shape index (κ3) is 7.17. The molecule has 0 fully saturated rings.